The van der Waals surface area contributed by atoms with Crippen LogP contribution >= 0.6 is 0 Å². The van der Waals surface area contributed by atoms with Crippen molar-refractivity contribution < 1.29 is 18.8 Å². The second-order valence-corrected chi connectivity index (χ2v) is 1.89. The molecule has 0 atom stereocenters. The lowest BCUT2D eigenvalue weighted by atomic mass is 10.6. The molecule has 50 valence electrons. The van der Waals surface area contributed by atoms with Gasteiger partial charge in [-0.2, -0.15) is 0 Å². The molecule has 0 spiro atoms. The number of rotatable bonds is 2. The van der Waals surface area contributed by atoms with Gasteiger partial charge < -0.3 is 14.3 Å². The van der Waals surface area contributed by atoms with Crippen molar-refractivity contribution in [3.63, 3.8) is 0 Å². The zero-order valence-electron chi connectivity index (χ0n) is 4.63. The Morgan fingerprint density at radius 3 is 2.67 bits per heavy atom. The summed E-state index contributed by atoms with van der Waals surface area (Å²) in [6.45, 7) is -0.357. The van der Waals surface area contributed by atoms with Gasteiger partial charge in [0.2, 0.25) is 0 Å². The molecule has 0 saturated carbocycles. The van der Waals surface area contributed by atoms with Crippen LogP contribution in [-0.2, 0) is 8.89 Å². The summed E-state index contributed by atoms with van der Waals surface area (Å²) in [6.07, 6.45) is 0. The van der Waals surface area contributed by atoms with Gasteiger partial charge in [0.05, 0.1) is 0 Å². The third kappa shape index (κ3) is 7.14. The van der Waals surface area contributed by atoms with Gasteiger partial charge >= 0.3 is 9.17 Å². The Bertz CT molecular complexity index is 144. The van der Waals surface area contributed by atoms with Crippen LogP contribution in [0.1, 0.15) is 0 Å². The van der Waals surface area contributed by atoms with Crippen molar-refractivity contribution in [1.29, 1.82) is 0 Å². The Labute approximate surface area is 54.0 Å². The zero-order valence-corrected chi connectivity index (χ0v) is 5.63. The quantitative estimate of drug-likeness (QED) is 0.364. The average Bonchev–Trinajstić information content (AvgIpc) is 1.80. The second kappa shape index (κ2) is 5.28. The van der Waals surface area contributed by atoms with Gasteiger partial charge in [0.1, 0.15) is 13.2 Å². The van der Waals surface area contributed by atoms with Gasteiger partial charge in [-0.25, -0.2) is 0 Å². The Kier molecular flexibility index (Phi) is 4.77. The van der Waals surface area contributed by atoms with E-state index in [2.05, 4.69) is 16.3 Å². The summed E-state index contributed by atoms with van der Waals surface area (Å²) in [5.41, 5.74) is 0. The Morgan fingerprint density at radius 2 is 2.22 bits per heavy atom. The molecule has 0 aromatic carbocycles. The van der Waals surface area contributed by atoms with Crippen LogP contribution in [0.4, 0.5) is 0 Å². The van der Waals surface area contributed by atoms with Crippen LogP contribution in [0.25, 0.3) is 0 Å². The monoisotopic (exact) mass is 146 g/mol. The highest BCUT2D eigenvalue weighted by Gasteiger charge is 1.98. The molecule has 0 rings (SSSR count). The lowest BCUT2D eigenvalue weighted by Gasteiger charge is -1.87. The molecule has 0 heterocycles. The van der Waals surface area contributed by atoms with Crippen LogP contribution < -0.4 is 0 Å². The molecule has 0 aromatic rings. The third-order valence-corrected chi connectivity index (χ3v) is 0.863. The first-order valence-corrected chi connectivity index (χ1v) is 3.46. The van der Waals surface area contributed by atoms with Gasteiger partial charge in [0.15, 0.2) is 0 Å². The summed E-state index contributed by atoms with van der Waals surface area (Å²) in [5, 5.41) is 8.07. The van der Waals surface area contributed by atoms with Crippen molar-refractivity contribution >= 4 is 9.17 Å². The molecule has 0 radical (unpaired) electrons. The van der Waals surface area contributed by atoms with Crippen molar-refractivity contribution in [1.82, 2.24) is 0 Å². The van der Waals surface area contributed by atoms with E-state index in [0.29, 0.717) is 0 Å². The van der Waals surface area contributed by atoms with Gasteiger partial charge in [-0.15, -0.1) is 0 Å². The molecule has 5 heteroatoms. The molecule has 0 unspecified atom stereocenters. The predicted octanol–water partition coefficient (Wildman–Crippen LogP) is -1.59. The first-order valence-electron chi connectivity index (χ1n) is 2.19. The van der Waals surface area contributed by atoms with Crippen molar-refractivity contribution in [2.45, 2.75) is 0 Å². The number of aliphatic hydroxyl groups excluding tert-OH is 1. The van der Waals surface area contributed by atoms with Gasteiger partial charge in [-0.1, -0.05) is 11.8 Å². The van der Waals surface area contributed by atoms with Gasteiger partial charge in [0, 0.05) is 0 Å². The highest BCUT2D eigenvalue weighted by atomic mass is 28.3. The summed E-state index contributed by atoms with van der Waals surface area (Å²) in [7, 11) is -2.85. The summed E-state index contributed by atoms with van der Waals surface area (Å²) in [4.78, 5) is 8.05. The molecule has 0 aliphatic carbocycles. The summed E-state index contributed by atoms with van der Waals surface area (Å²) in [6, 6.07) is 0. The van der Waals surface area contributed by atoms with E-state index >= 15 is 0 Å². The summed E-state index contributed by atoms with van der Waals surface area (Å²) < 4.78 is 14.0. The minimum Gasteiger partial charge on any atom is -0.511 e. The standard InChI is InChI=1S/C4H6O4Si/c5-3-1-2-4-8-9(6)7/h5-6H,3-4H2. The lowest BCUT2D eigenvalue weighted by Crippen LogP contribution is -2.04. The summed E-state index contributed by atoms with van der Waals surface area (Å²) >= 11 is 0. The van der Waals surface area contributed by atoms with E-state index in [-0.39, 0.29) is 13.2 Å². The fourth-order valence-corrected chi connectivity index (χ4v) is 0.400. The molecule has 9 heavy (non-hydrogen) atoms. The molecule has 2 N–H and O–H groups in total. The van der Waals surface area contributed by atoms with E-state index < -0.39 is 9.17 Å². The smallest absolute Gasteiger partial charge is 0.511 e. The second-order valence-electron chi connectivity index (χ2n) is 1.07. The fraction of sp³-hybridized carbons (Fsp3) is 0.500. The van der Waals surface area contributed by atoms with Gasteiger partial charge in [-0.05, 0) is 0 Å². The maximum atomic E-state index is 9.80. The highest BCUT2D eigenvalue weighted by Crippen LogP contribution is 1.66. The van der Waals surface area contributed by atoms with Crippen LogP contribution in [0.15, 0.2) is 0 Å². The van der Waals surface area contributed by atoms with Crippen molar-refractivity contribution in [2.75, 3.05) is 13.2 Å². The molecule has 4 nitrogen and oxygen atoms in total. The minimum atomic E-state index is -2.85. The minimum absolute atomic E-state index is 0.102. The van der Waals surface area contributed by atoms with Crippen LogP contribution in [0, 0.1) is 11.8 Å². The van der Waals surface area contributed by atoms with E-state index in [1.165, 1.54) is 0 Å². The molecule has 0 aliphatic rings. The topological polar surface area (TPSA) is 66.8 Å². The van der Waals surface area contributed by atoms with Crippen LogP contribution in [0.3, 0.4) is 0 Å². The molecule has 0 aliphatic heterocycles. The molecule has 0 amide bonds. The third-order valence-electron chi connectivity index (χ3n) is 0.472. The Morgan fingerprint density at radius 1 is 1.56 bits per heavy atom. The van der Waals surface area contributed by atoms with Crippen LogP contribution in [0.2, 0.25) is 0 Å². The molecule has 0 aromatic heterocycles. The zero-order chi connectivity index (χ0) is 7.11. The van der Waals surface area contributed by atoms with Crippen molar-refractivity contribution in [3.05, 3.63) is 0 Å². The summed E-state index contributed by atoms with van der Waals surface area (Å²) in [5.74, 6) is 4.56. The predicted molar refractivity (Wildman–Crippen MR) is 29.5 cm³/mol. The SMILES string of the molecule is O=[Si](O)OCC#CCO. The lowest BCUT2D eigenvalue weighted by molar-refractivity contribution is 0.252. The molecular weight excluding hydrogens is 140 g/mol. The average molecular weight is 146 g/mol. The maximum absolute atomic E-state index is 9.80. The van der Waals surface area contributed by atoms with E-state index in [1.807, 2.05) is 0 Å². The largest absolute Gasteiger partial charge is 0.765 e. The molecular formula is C4H6O4Si. The van der Waals surface area contributed by atoms with E-state index in [0.717, 1.165) is 0 Å². The Hall–Kier alpha value is -0.863. The number of aliphatic hydroxyl groups is 1. The van der Waals surface area contributed by atoms with E-state index in [4.69, 9.17) is 9.90 Å². The first-order chi connectivity index (χ1) is 4.27. The molecule has 0 saturated heterocycles. The fourth-order valence-electron chi connectivity index (χ4n) is 0.205. The molecule has 0 bridgehead atoms. The highest BCUT2D eigenvalue weighted by molar-refractivity contribution is 6.24. The van der Waals surface area contributed by atoms with Gasteiger partial charge in [0.25, 0.3) is 0 Å². The van der Waals surface area contributed by atoms with Crippen LogP contribution in [0.5, 0.6) is 0 Å². The first kappa shape index (κ1) is 8.14. The molecule has 0 fully saturated rings. The van der Waals surface area contributed by atoms with E-state index in [9.17, 15) is 4.46 Å². The van der Waals surface area contributed by atoms with Crippen LogP contribution in [-0.4, -0.2) is 32.3 Å². The van der Waals surface area contributed by atoms with Crippen molar-refractivity contribution in [3.8, 4) is 11.8 Å². The van der Waals surface area contributed by atoms with Gasteiger partial charge in [-0.3, -0.25) is 4.46 Å². The number of hydrogen-bond donors (Lipinski definition) is 2. The van der Waals surface area contributed by atoms with Crippen molar-refractivity contribution in [2.24, 2.45) is 0 Å². The normalized spacial score (nSPS) is 7.22. The number of hydrogen-bond acceptors (Lipinski definition) is 3. The maximum Gasteiger partial charge on any atom is 0.765 e. The van der Waals surface area contributed by atoms with E-state index in [1.54, 1.807) is 0 Å². The Balaban J connectivity index is 3.19.